The van der Waals surface area contributed by atoms with Crippen LogP contribution >= 0.6 is 0 Å². The molecule has 0 aromatic carbocycles. The number of morpholine rings is 1. The highest BCUT2D eigenvalue weighted by Gasteiger charge is 2.26. The van der Waals surface area contributed by atoms with Gasteiger partial charge in [-0.25, -0.2) is 9.97 Å². The molecule has 1 N–H and O–H groups in total. The highest BCUT2D eigenvalue weighted by molar-refractivity contribution is 5.51. The Balaban J connectivity index is 2.19. The van der Waals surface area contributed by atoms with E-state index in [0.29, 0.717) is 18.5 Å². The van der Waals surface area contributed by atoms with Gasteiger partial charge in [-0.2, -0.15) is 0 Å². The third kappa shape index (κ3) is 3.37. The van der Waals surface area contributed by atoms with Crippen LogP contribution in [0.2, 0.25) is 0 Å². The normalized spacial score (nSPS) is 19.4. The molecule has 112 valence electrons. The number of methoxy groups -OCH3 is 1. The minimum Gasteiger partial charge on any atom is -0.481 e. The minimum atomic E-state index is 0.282. The molecule has 0 spiro atoms. The fourth-order valence-electron chi connectivity index (χ4n) is 2.40. The molecule has 2 heterocycles. The lowest BCUT2D eigenvalue weighted by atomic mass is 10.2. The van der Waals surface area contributed by atoms with Crippen molar-refractivity contribution < 1.29 is 9.47 Å². The number of anilines is 1. The first kappa shape index (κ1) is 15.0. The molecule has 6 heteroatoms. The number of rotatable bonds is 5. The minimum absolute atomic E-state index is 0.282. The molecule has 2 rings (SSSR count). The number of aromatic nitrogens is 2. The molecule has 1 aliphatic rings. The van der Waals surface area contributed by atoms with E-state index in [1.165, 1.54) is 0 Å². The van der Waals surface area contributed by atoms with E-state index in [4.69, 9.17) is 9.47 Å². The van der Waals surface area contributed by atoms with Crippen molar-refractivity contribution in [1.29, 1.82) is 0 Å². The maximum absolute atomic E-state index is 5.61. The van der Waals surface area contributed by atoms with Crippen molar-refractivity contribution in [1.82, 2.24) is 15.3 Å². The van der Waals surface area contributed by atoms with Gasteiger partial charge in [-0.1, -0.05) is 13.8 Å². The zero-order chi connectivity index (χ0) is 14.5. The van der Waals surface area contributed by atoms with Gasteiger partial charge in [-0.3, -0.25) is 0 Å². The monoisotopic (exact) mass is 280 g/mol. The molecule has 1 aliphatic heterocycles. The van der Waals surface area contributed by atoms with E-state index >= 15 is 0 Å². The Kier molecular flexibility index (Phi) is 5.14. The van der Waals surface area contributed by atoms with Gasteiger partial charge in [-0.15, -0.1) is 0 Å². The van der Waals surface area contributed by atoms with Crippen LogP contribution in [0, 0.1) is 6.92 Å². The van der Waals surface area contributed by atoms with Crippen molar-refractivity contribution in [2.45, 2.75) is 32.9 Å². The summed E-state index contributed by atoms with van der Waals surface area (Å²) < 4.78 is 10.9. The average molecular weight is 280 g/mol. The van der Waals surface area contributed by atoms with Crippen molar-refractivity contribution in [3.63, 3.8) is 0 Å². The lowest BCUT2D eigenvalue weighted by Gasteiger charge is -2.37. The van der Waals surface area contributed by atoms with Crippen LogP contribution in [-0.4, -0.2) is 55.5 Å². The summed E-state index contributed by atoms with van der Waals surface area (Å²) in [6, 6.07) is 0.740. The predicted molar refractivity (Wildman–Crippen MR) is 78.4 cm³/mol. The Morgan fingerprint density at radius 3 is 3.00 bits per heavy atom. The van der Waals surface area contributed by atoms with Crippen LogP contribution in [0.5, 0.6) is 5.88 Å². The van der Waals surface area contributed by atoms with Gasteiger partial charge in [0, 0.05) is 19.1 Å². The third-order valence-electron chi connectivity index (χ3n) is 3.47. The quantitative estimate of drug-likeness (QED) is 0.868. The molecule has 1 aromatic rings. The molecule has 6 nitrogen and oxygen atoms in total. The molecule has 1 fully saturated rings. The molecular weight excluding hydrogens is 256 g/mol. The summed E-state index contributed by atoms with van der Waals surface area (Å²) in [6.45, 7) is 9.45. The maximum atomic E-state index is 5.61. The maximum Gasteiger partial charge on any atom is 0.221 e. The SMILES string of the molecule is COc1ncnc(N2CCOCC2CNC(C)C)c1C. The highest BCUT2D eigenvalue weighted by atomic mass is 16.5. The summed E-state index contributed by atoms with van der Waals surface area (Å²) in [5, 5.41) is 3.47. The molecule has 0 radical (unpaired) electrons. The standard InChI is InChI=1S/C14H24N4O2/c1-10(2)15-7-12-8-20-6-5-18(12)13-11(3)14(19-4)17-9-16-13/h9-10,12,15H,5-8H2,1-4H3. The molecule has 0 bridgehead atoms. The fraction of sp³-hybridized carbons (Fsp3) is 0.714. The van der Waals surface area contributed by atoms with Gasteiger partial charge in [0.2, 0.25) is 5.88 Å². The predicted octanol–water partition coefficient (Wildman–Crippen LogP) is 0.997. The van der Waals surface area contributed by atoms with Crippen LogP contribution < -0.4 is 15.0 Å². The van der Waals surface area contributed by atoms with E-state index in [-0.39, 0.29) is 6.04 Å². The largest absolute Gasteiger partial charge is 0.481 e. The molecule has 0 aliphatic carbocycles. The molecule has 0 saturated carbocycles. The topological polar surface area (TPSA) is 59.5 Å². The Hall–Kier alpha value is -1.40. The first-order valence-electron chi connectivity index (χ1n) is 7.06. The molecule has 1 aromatic heterocycles. The van der Waals surface area contributed by atoms with Crippen LogP contribution in [0.25, 0.3) is 0 Å². The van der Waals surface area contributed by atoms with Gasteiger partial charge < -0.3 is 19.7 Å². The highest BCUT2D eigenvalue weighted by Crippen LogP contribution is 2.26. The Morgan fingerprint density at radius 2 is 2.30 bits per heavy atom. The van der Waals surface area contributed by atoms with Crippen molar-refractivity contribution in [2.75, 3.05) is 38.3 Å². The molecule has 1 saturated heterocycles. The smallest absolute Gasteiger partial charge is 0.221 e. The second kappa shape index (κ2) is 6.85. The van der Waals surface area contributed by atoms with Crippen LogP contribution in [-0.2, 0) is 4.74 Å². The fourth-order valence-corrected chi connectivity index (χ4v) is 2.40. The number of hydrogen-bond donors (Lipinski definition) is 1. The Bertz CT molecular complexity index is 439. The molecule has 20 heavy (non-hydrogen) atoms. The summed E-state index contributed by atoms with van der Waals surface area (Å²) in [4.78, 5) is 10.9. The Morgan fingerprint density at radius 1 is 1.50 bits per heavy atom. The van der Waals surface area contributed by atoms with Gasteiger partial charge in [-0.05, 0) is 6.92 Å². The van der Waals surface area contributed by atoms with Crippen LogP contribution in [0.15, 0.2) is 6.33 Å². The van der Waals surface area contributed by atoms with Gasteiger partial charge in [0.25, 0.3) is 0 Å². The van der Waals surface area contributed by atoms with Crippen molar-refractivity contribution >= 4 is 5.82 Å². The molecule has 1 unspecified atom stereocenters. The molecule has 0 amide bonds. The molecule has 1 atom stereocenters. The van der Waals surface area contributed by atoms with E-state index in [1.807, 2.05) is 6.92 Å². The average Bonchev–Trinajstić information content (AvgIpc) is 2.46. The first-order chi connectivity index (χ1) is 9.63. The first-order valence-corrected chi connectivity index (χ1v) is 7.06. The number of ether oxygens (including phenoxy) is 2. The molecular formula is C14H24N4O2. The summed E-state index contributed by atoms with van der Waals surface area (Å²) in [5.74, 6) is 1.58. The number of nitrogens with zero attached hydrogens (tertiary/aromatic N) is 3. The second-order valence-electron chi connectivity index (χ2n) is 5.32. The van der Waals surface area contributed by atoms with Gasteiger partial charge in [0.1, 0.15) is 12.1 Å². The number of nitrogens with one attached hydrogen (secondary N) is 1. The van der Waals surface area contributed by atoms with Crippen molar-refractivity contribution in [3.05, 3.63) is 11.9 Å². The summed E-state index contributed by atoms with van der Waals surface area (Å²) >= 11 is 0. The van der Waals surface area contributed by atoms with Crippen molar-refractivity contribution in [3.8, 4) is 5.88 Å². The van der Waals surface area contributed by atoms with E-state index < -0.39 is 0 Å². The van der Waals surface area contributed by atoms with Crippen LogP contribution in [0.3, 0.4) is 0 Å². The van der Waals surface area contributed by atoms with E-state index in [1.54, 1.807) is 13.4 Å². The summed E-state index contributed by atoms with van der Waals surface area (Å²) in [5.41, 5.74) is 0.978. The second-order valence-corrected chi connectivity index (χ2v) is 5.32. The lowest BCUT2D eigenvalue weighted by Crippen LogP contribution is -2.52. The van der Waals surface area contributed by atoms with Gasteiger partial charge >= 0.3 is 0 Å². The summed E-state index contributed by atoms with van der Waals surface area (Å²) in [6.07, 6.45) is 1.56. The summed E-state index contributed by atoms with van der Waals surface area (Å²) in [7, 11) is 1.64. The zero-order valence-electron chi connectivity index (χ0n) is 12.7. The van der Waals surface area contributed by atoms with E-state index in [2.05, 4.69) is 34.0 Å². The lowest BCUT2D eigenvalue weighted by molar-refractivity contribution is 0.0926. The van der Waals surface area contributed by atoms with Crippen molar-refractivity contribution in [2.24, 2.45) is 0 Å². The third-order valence-corrected chi connectivity index (χ3v) is 3.47. The zero-order valence-corrected chi connectivity index (χ0v) is 12.7. The number of hydrogen-bond acceptors (Lipinski definition) is 6. The van der Waals surface area contributed by atoms with E-state index in [9.17, 15) is 0 Å². The van der Waals surface area contributed by atoms with Gasteiger partial charge in [0.15, 0.2) is 0 Å². The van der Waals surface area contributed by atoms with Crippen LogP contribution in [0.4, 0.5) is 5.82 Å². The van der Waals surface area contributed by atoms with Gasteiger partial charge in [0.05, 0.1) is 31.9 Å². The Labute approximate surface area is 120 Å². The van der Waals surface area contributed by atoms with Crippen LogP contribution in [0.1, 0.15) is 19.4 Å². The van der Waals surface area contributed by atoms with E-state index in [0.717, 1.165) is 31.1 Å².